The van der Waals surface area contributed by atoms with Crippen LogP contribution in [0.2, 0.25) is 0 Å². The molecule has 1 aliphatic carbocycles. The molecule has 0 spiro atoms. The molecule has 21 heavy (non-hydrogen) atoms. The lowest BCUT2D eigenvalue weighted by Crippen LogP contribution is -2.28. The average molecular weight is 314 g/mol. The fourth-order valence-electron chi connectivity index (χ4n) is 2.24. The van der Waals surface area contributed by atoms with Crippen molar-refractivity contribution in [1.29, 1.82) is 0 Å². The van der Waals surface area contributed by atoms with E-state index in [2.05, 4.69) is 20.2 Å². The molecule has 1 aromatic rings. The van der Waals surface area contributed by atoms with Crippen molar-refractivity contribution < 1.29 is 8.42 Å². The minimum absolute atomic E-state index is 0.125. The topological polar surface area (TPSA) is 86.9 Å². The van der Waals surface area contributed by atoms with Gasteiger partial charge >= 0.3 is 0 Å². The first-order valence-corrected chi connectivity index (χ1v) is 9.15. The molecule has 0 amide bonds. The van der Waals surface area contributed by atoms with Gasteiger partial charge in [0.1, 0.15) is 0 Å². The van der Waals surface area contributed by atoms with Crippen molar-refractivity contribution in [3.63, 3.8) is 0 Å². The second-order valence-electron chi connectivity index (χ2n) is 6.15. The number of aromatic nitrogens is 2. The van der Waals surface area contributed by atoms with Crippen LogP contribution >= 0.6 is 0 Å². The Morgan fingerprint density at radius 3 is 2.71 bits per heavy atom. The standard InChI is InChI=1S/C14H26N4O2S/c1-10(2)15-9-13-11(3)17-18-14(13)21(19,20)16-8-4-5-12-6-7-12/h10,12,15-16H,4-9H2,1-3H3,(H,17,18). The monoisotopic (exact) mass is 314 g/mol. The van der Waals surface area contributed by atoms with Crippen molar-refractivity contribution >= 4 is 10.0 Å². The summed E-state index contributed by atoms with van der Waals surface area (Å²) in [7, 11) is -3.53. The molecule has 1 aliphatic rings. The molecule has 1 fully saturated rings. The molecule has 0 unspecified atom stereocenters. The lowest BCUT2D eigenvalue weighted by molar-refractivity contribution is 0.559. The van der Waals surface area contributed by atoms with Gasteiger partial charge in [-0.3, -0.25) is 5.10 Å². The van der Waals surface area contributed by atoms with Crippen LogP contribution in [0.5, 0.6) is 0 Å². The molecule has 1 saturated carbocycles. The van der Waals surface area contributed by atoms with E-state index in [1.165, 1.54) is 12.8 Å². The minimum Gasteiger partial charge on any atom is -0.310 e. The number of sulfonamides is 1. The normalized spacial score (nSPS) is 15.8. The second kappa shape index (κ2) is 6.89. The van der Waals surface area contributed by atoms with Gasteiger partial charge in [-0.25, -0.2) is 13.1 Å². The summed E-state index contributed by atoms with van der Waals surface area (Å²) in [6, 6.07) is 0.293. The van der Waals surface area contributed by atoms with Crippen molar-refractivity contribution in [3.05, 3.63) is 11.3 Å². The summed E-state index contributed by atoms with van der Waals surface area (Å²) in [5.74, 6) is 0.827. The molecule has 0 aliphatic heterocycles. The molecule has 1 heterocycles. The Balaban J connectivity index is 1.97. The number of nitrogens with one attached hydrogen (secondary N) is 3. The molecule has 0 saturated heterocycles. The van der Waals surface area contributed by atoms with Gasteiger partial charge in [0.15, 0.2) is 5.03 Å². The van der Waals surface area contributed by atoms with Crippen molar-refractivity contribution in [2.75, 3.05) is 6.54 Å². The van der Waals surface area contributed by atoms with E-state index in [0.717, 1.165) is 30.0 Å². The van der Waals surface area contributed by atoms with Gasteiger partial charge in [0, 0.05) is 30.4 Å². The largest absolute Gasteiger partial charge is 0.310 e. The Labute approximate surface area is 127 Å². The van der Waals surface area contributed by atoms with Gasteiger partial charge in [-0.05, 0) is 25.7 Å². The van der Waals surface area contributed by atoms with Crippen molar-refractivity contribution in [2.24, 2.45) is 5.92 Å². The summed E-state index contributed by atoms with van der Waals surface area (Å²) in [5.41, 5.74) is 1.51. The number of rotatable bonds is 9. The van der Waals surface area contributed by atoms with Gasteiger partial charge in [-0.2, -0.15) is 5.10 Å². The highest BCUT2D eigenvalue weighted by molar-refractivity contribution is 7.89. The van der Waals surface area contributed by atoms with Crippen molar-refractivity contribution in [2.45, 2.75) is 64.1 Å². The molecule has 120 valence electrons. The number of H-pyrrole nitrogens is 1. The van der Waals surface area contributed by atoms with Crippen LogP contribution < -0.4 is 10.0 Å². The summed E-state index contributed by atoms with van der Waals surface area (Å²) in [6.07, 6.45) is 4.61. The van der Waals surface area contributed by atoms with Gasteiger partial charge in [0.25, 0.3) is 10.0 Å². The lowest BCUT2D eigenvalue weighted by atomic mass is 10.2. The summed E-state index contributed by atoms with van der Waals surface area (Å²) >= 11 is 0. The van der Waals surface area contributed by atoms with Crippen molar-refractivity contribution in [3.8, 4) is 0 Å². The predicted molar refractivity (Wildman–Crippen MR) is 82.4 cm³/mol. The number of hydrogen-bond acceptors (Lipinski definition) is 4. The molecule has 6 nitrogen and oxygen atoms in total. The SMILES string of the molecule is Cc1[nH]nc(S(=O)(=O)NCCCC2CC2)c1CNC(C)C. The zero-order valence-electron chi connectivity index (χ0n) is 13.1. The Morgan fingerprint density at radius 1 is 1.38 bits per heavy atom. The summed E-state index contributed by atoms with van der Waals surface area (Å²) < 4.78 is 27.4. The first kappa shape index (κ1) is 16.5. The van der Waals surface area contributed by atoms with E-state index < -0.39 is 10.0 Å². The van der Waals surface area contributed by atoms with Gasteiger partial charge in [0.05, 0.1) is 0 Å². The Hall–Kier alpha value is -0.920. The molecular weight excluding hydrogens is 288 g/mol. The molecular formula is C14H26N4O2S. The Kier molecular flexibility index (Phi) is 5.40. The smallest absolute Gasteiger partial charge is 0.260 e. The molecule has 0 radical (unpaired) electrons. The van der Waals surface area contributed by atoms with E-state index in [1.807, 2.05) is 20.8 Å². The highest BCUT2D eigenvalue weighted by Gasteiger charge is 2.24. The van der Waals surface area contributed by atoms with E-state index in [-0.39, 0.29) is 5.03 Å². The summed E-state index contributed by atoms with van der Waals surface area (Å²) in [5, 5.41) is 10.1. The third kappa shape index (κ3) is 4.79. The lowest BCUT2D eigenvalue weighted by Gasteiger charge is -2.10. The van der Waals surface area contributed by atoms with Gasteiger partial charge in [-0.15, -0.1) is 0 Å². The molecule has 0 aromatic carbocycles. The van der Waals surface area contributed by atoms with Crippen LogP contribution in [0.1, 0.15) is 50.8 Å². The maximum Gasteiger partial charge on any atom is 0.260 e. The highest BCUT2D eigenvalue weighted by Crippen LogP contribution is 2.33. The van der Waals surface area contributed by atoms with Gasteiger partial charge in [0.2, 0.25) is 0 Å². The van der Waals surface area contributed by atoms with Crippen molar-refractivity contribution in [1.82, 2.24) is 20.2 Å². The van der Waals surface area contributed by atoms with Crippen LogP contribution in [-0.4, -0.2) is 31.2 Å². The van der Waals surface area contributed by atoms with Crippen LogP contribution in [0.3, 0.4) is 0 Å². The third-order valence-electron chi connectivity index (χ3n) is 3.76. The first-order chi connectivity index (χ1) is 9.90. The number of aryl methyl sites for hydroxylation is 1. The van der Waals surface area contributed by atoms with E-state index in [9.17, 15) is 8.42 Å². The van der Waals surface area contributed by atoms with E-state index in [0.29, 0.717) is 19.1 Å². The molecule has 0 bridgehead atoms. The van der Waals surface area contributed by atoms with E-state index in [4.69, 9.17) is 0 Å². The fourth-order valence-corrected chi connectivity index (χ4v) is 3.50. The number of nitrogens with zero attached hydrogens (tertiary/aromatic N) is 1. The van der Waals surface area contributed by atoms with E-state index >= 15 is 0 Å². The number of hydrogen-bond donors (Lipinski definition) is 3. The molecule has 7 heteroatoms. The predicted octanol–water partition coefficient (Wildman–Crippen LogP) is 1.68. The van der Waals surface area contributed by atoms with Gasteiger partial charge < -0.3 is 5.32 Å². The maximum atomic E-state index is 12.3. The summed E-state index contributed by atoms with van der Waals surface area (Å²) in [6.45, 7) is 6.88. The molecule has 3 N–H and O–H groups in total. The maximum absolute atomic E-state index is 12.3. The Morgan fingerprint density at radius 2 is 2.10 bits per heavy atom. The first-order valence-electron chi connectivity index (χ1n) is 7.67. The number of aromatic amines is 1. The molecule has 2 rings (SSSR count). The Bertz CT molecular complexity index is 562. The third-order valence-corrected chi connectivity index (χ3v) is 5.19. The molecule has 1 aromatic heterocycles. The van der Waals surface area contributed by atoms with Crippen LogP contribution in [0.25, 0.3) is 0 Å². The average Bonchev–Trinajstić information content (AvgIpc) is 3.15. The van der Waals surface area contributed by atoms with Gasteiger partial charge in [-0.1, -0.05) is 26.7 Å². The fraction of sp³-hybridized carbons (Fsp3) is 0.786. The van der Waals surface area contributed by atoms with Crippen LogP contribution in [0.15, 0.2) is 5.03 Å². The summed E-state index contributed by atoms with van der Waals surface area (Å²) in [4.78, 5) is 0. The van der Waals surface area contributed by atoms with Crippen LogP contribution in [0, 0.1) is 12.8 Å². The molecule has 0 atom stereocenters. The van der Waals surface area contributed by atoms with E-state index in [1.54, 1.807) is 0 Å². The van der Waals surface area contributed by atoms with Crippen LogP contribution in [0.4, 0.5) is 0 Å². The second-order valence-corrected chi connectivity index (χ2v) is 7.83. The zero-order chi connectivity index (χ0) is 15.5. The van der Waals surface area contributed by atoms with Crippen LogP contribution in [-0.2, 0) is 16.6 Å². The minimum atomic E-state index is -3.53. The quantitative estimate of drug-likeness (QED) is 0.605. The highest BCUT2D eigenvalue weighted by atomic mass is 32.2. The zero-order valence-corrected chi connectivity index (χ0v) is 13.9.